The Morgan fingerprint density at radius 2 is 2.00 bits per heavy atom. The van der Waals surface area contributed by atoms with Crippen LogP contribution in [0.4, 0.5) is 0 Å². The maximum absolute atomic E-state index is 11.3. The average molecular weight is 248 g/mol. The van der Waals surface area contributed by atoms with Crippen LogP contribution in [-0.4, -0.2) is 10.8 Å². The van der Waals surface area contributed by atoms with E-state index >= 15 is 0 Å². The van der Waals surface area contributed by atoms with E-state index in [2.05, 4.69) is 4.98 Å². The zero-order valence-electron chi connectivity index (χ0n) is 9.16. The first-order valence-corrected chi connectivity index (χ1v) is 5.46. The fourth-order valence-electron chi connectivity index (χ4n) is 1.56. The Hall–Kier alpha value is -1.87. The van der Waals surface area contributed by atoms with Crippen LogP contribution in [0.2, 0.25) is 5.02 Å². The minimum atomic E-state index is -0.202. The second-order valence-electron chi connectivity index (χ2n) is 3.68. The summed E-state index contributed by atoms with van der Waals surface area (Å²) in [6.45, 7) is 1.49. The summed E-state index contributed by atoms with van der Waals surface area (Å²) >= 11 is 6.05. The molecule has 1 aromatic heterocycles. The van der Waals surface area contributed by atoms with Crippen molar-refractivity contribution in [1.82, 2.24) is 4.98 Å². The molecule has 0 aliphatic heterocycles. The molecule has 86 valence electrons. The summed E-state index contributed by atoms with van der Waals surface area (Å²) in [5.41, 5.74) is 1.61. The Balaban J connectivity index is 2.62. The van der Waals surface area contributed by atoms with E-state index in [1.807, 2.05) is 0 Å². The predicted molar refractivity (Wildman–Crippen MR) is 67.5 cm³/mol. The molecule has 0 saturated carbocycles. The molecule has 0 amide bonds. The molecule has 2 rings (SSSR count). The highest BCUT2D eigenvalue weighted by molar-refractivity contribution is 6.33. The number of pyridine rings is 1. The topological polar surface area (TPSA) is 49.9 Å². The lowest BCUT2D eigenvalue weighted by molar-refractivity contribution is 0.101. The number of halogens is 1. The lowest BCUT2D eigenvalue weighted by Crippen LogP contribution is -2.04. The van der Waals surface area contributed by atoms with Gasteiger partial charge in [0.2, 0.25) is 5.56 Å². The largest absolute Gasteiger partial charge is 0.322 e. The van der Waals surface area contributed by atoms with Crippen LogP contribution in [0.1, 0.15) is 17.3 Å². The minimum Gasteiger partial charge on any atom is -0.322 e. The van der Waals surface area contributed by atoms with E-state index in [0.717, 1.165) is 0 Å². The summed E-state index contributed by atoms with van der Waals surface area (Å²) in [7, 11) is 0. The van der Waals surface area contributed by atoms with Gasteiger partial charge in [-0.05, 0) is 31.2 Å². The summed E-state index contributed by atoms with van der Waals surface area (Å²) in [5, 5.41) is 0.497. The number of Topliss-reactive ketones (excluding diaryl/α,β-unsaturated/α-hetero) is 1. The SMILES string of the molecule is CC(=O)c1ccc(Cl)c(-c2cccc(=O)[nH]2)c1. The van der Waals surface area contributed by atoms with Gasteiger partial charge in [0.15, 0.2) is 5.78 Å². The van der Waals surface area contributed by atoms with Crippen molar-refractivity contribution in [3.8, 4) is 11.3 Å². The molecule has 1 aromatic carbocycles. The number of ketones is 1. The molecule has 0 radical (unpaired) electrons. The Morgan fingerprint density at radius 3 is 2.65 bits per heavy atom. The Morgan fingerprint density at radius 1 is 1.24 bits per heavy atom. The van der Waals surface area contributed by atoms with Crippen LogP contribution >= 0.6 is 11.6 Å². The number of rotatable bonds is 2. The number of aromatic nitrogens is 1. The highest BCUT2D eigenvalue weighted by Crippen LogP contribution is 2.26. The van der Waals surface area contributed by atoms with Crippen LogP contribution in [0.5, 0.6) is 0 Å². The van der Waals surface area contributed by atoms with Crippen molar-refractivity contribution in [3.63, 3.8) is 0 Å². The van der Waals surface area contributed by atoms with Gasteiger partial charge in [0.05, 0.1) is 0 Å². The molecule has 0 aliphatic carbocycles. The summed E-state index contributed by atoms with van der Waals surface area (Å²) in [6, 6.07) is 9.80. The number of carbonyl (C=O) groups excluding carboxylic acids is 1. The lowest BCUT2D eigenvalue weighted by Gasteiger charge is -2.05. The molecule has 3 nitrogen and oxygen atoms in total. The van der Waals surface area contributed by atoms with Crippen LogP contribution in [0.25, 0.3) is 11.3 Å². The third-order valence-corrected chi connectivity index (χ3v) is 2.76. The van der Waals surface area contributed by atoms with Crippen LogP contribution in [-0.2, 0) is 0 Å². The monoisotopic (exact) mass is 247 g/mol. The van der Waals surface area contributed by atoms with Gasteiger partial charge < -0.3 is 4.98 Å². The zero-order chi connectivity index (χ0) is 12.4. The summed E-state index contributed by atoms with van der Waals surface area (Å²) in [4.78, 5) is 25.2. The van der Waals surface area contributed by atoms with Gasteiger partial charge in [0.1, 0.15) is 0 Å². The molecule has 0 aliphatic rings. The van der Waals surface area contributed by atoms with E-state index in [1.54, 1.807) is 30.3 Å². The van der Waals surface area contributed by atoms with E-state index in [0.29, 0.717) is 21.8 Å². The smallest absolute Gasteiger partial charge is 0.248 e. The van der Waals surface area contributed by atoms with Crippen molar-refractivity contribution in [1.29, 1.82) is 0 Å². The van der Waals surface area contributed by atoms with Crippen LogP contribution in [0, 0.1) is 0 Å². The van der Waals surface area contributed by atoms with Crippen LogP contribution < -0.4 is 5.56 Å². The number of hydrogen-bond acceptors (Lipinski definition) is 2. The van der Waals surface area contributed by atoms with Crippen molar-refractivity contribution in [3.05, 3.63) is 57.3 Å². The number of benzene rings is 1. The van der Waals surface area contributed by atoms with Gasteiger partial charge in [0, 0.05) is 27.9 Å². The van der Waals surface area contributed by atoms with E-state index in [-0.39, 0.29) is 11.3 Å². The molecule has 0 atom stereocenters. The maximum atomic E-state index is 11.3. The molecule has 1 N–H and O–H groups in total. The van der Waals surface area contributed by atoms with Gasteiger partial charge in [-0.15, -0.1) is 0 Å². The first kappa shape index (κ1) is 11.6. The van der Waals surface area contributed by atoms with E-state index in [9.17, 15) is 9.59 Å². The molecule has 0 bridgehead atoms. The first-order chi connectivity index (χ1) is 8.08. The molecule has 2 aromatic rings. The second kappa shape index (κ2) is 4.55. The summed E-state index contributed by atoms with van der Waals surface area (Å²) in [5.74, 6) is -0.0406. The average Bonchev–Trinajstić information content (AvgIpc) is 2.29. The zero-order valence-corrected chi connectivity index (χ0v) is 9.91. The van der Waals surface area contributed by atoms with Crippen molar-refractivity contribution in [2.24, 2.45) is 0 Å². The van der Waals surface area contributed by atoms with Gasteiger partial charge in [-0.1, -0.05) is 17.7 Å². The van der Waals surface area contributed by atoms with Crippen LogP contribution in [0.3, 0.4) is 0 Å². The standard InChI is InChI=1S/C13H10ClNO2/c1-8(16)9-5-6-11(14)10(7-9)12-3-2-4-13(17)15-12/h2-7H,1H3,(H,15,17). The van der Waals surface area contributed by atoms with Crippen molar-refractivity contribution in [2.75, 3.05) is 0 Å². The Kier molecular flexibility index (Phi) is 3.11. The fraction of sp³-hybridized carbons (Fsp3) is 0.0769. The van der Waals surface area contributed by atoms with E-state index < -0.39 is 0 Å². The molecule has 0 fully saturated rings. The van der Waals surface area contributed by atoms with Gasteiger partial charge >= 0.3 is 0 Å². The highest BCUT2D eigenvalue weighted by Gasteiger charge is 2.07. The van der Waals surface area contributed by atoms with Gasteiger partial charge in [-0.3, -0.25) is 9.59 Å². The Bertz CT molecular complexity index is 631. The molecular weight excluding hydrogens is 238 g/mol. The number of carbonyl (C=O) groups is 1. The van der Waals surface area contributed by atoms with E-state index in [1.165, 1.54) is 13.0 Å². The van der Waals surface area contributed by atoms with Gasteiger partial charge in [-0.2, -0.15) is 0 Å². The normalized spacial score (nSPS) is 10.2. The number of hydrogen-bond donors (Lipinski definition) is 1. The van der Waals surface area contributed by atoms with Crippen molar-refractivity contribution >= 4 is 17.4 Å². The van der Waals surface area contributed by atoms with Gasteiger partial charge in [-0.25, -0.2) is 0 Å². The van der Waals surface area contributed by atoms with Gasteiger partial charge in [0.25, 0.3) is 0 Å². The quantitative estimate of drug-likeness (QED) is 0.830. The Labute approximate surface area is 103 Å². The number of nitrogens with one attached hydrogen (secondary N) is 1. The molecule has 1 heterocycles. The molecule has 0 unspecified atom stereocenters. The lowest BCUT2D eigenvalue weighted by atomic mass is 10.1. The van der Waals surface area contributed by atoms with E-state index in [4.69, 9.17) is 11.6 Å². The van der Waals surface area contributed by atoms with Crippen LogP contribution in [0.15, 0.2) is 41.2 Å². The number of aromatic amines is 1. The molecule has 17 heavy (non-hydrogen) atoms. The number of H-pyrrole nitrogens is 1. The third-order valence-electron chi connectivity index (χ3n) is 2.43. The van der Waals surface area contributed by atoms with Crippen molar-refractivity contribution < 1.29 is 4.79 Å². The molecule has 0 spiro atoms. The predicted octanol–water partition coefficient (Wildman–Crippen LogP) is 2.90. The molecule has 0 saturated heterocycles. The molecular formula is C13H10ClNO2. The minimum absolute atomic E-state index is 0.0406. The molecule has 4 heteroatoms. The summed E-state index contributed by atoms with van der Waals surface area (Å²) < 4.78 is 0. The fourth-order valence-corrected chi connectivity index (χ4v) is 1.77. The third kappa shape index (κ3) is 2.45. The van der Waals surface area contributed by atoms with Crippen molar-refractivity contribution in [2.45, 2.75) is 6.92 Å². The summed E-state index contributed by atoms with van der Waals surface area (Å²) in [6.07, 6.45) is 0. The second-order valence-corrected chi connectivity index (χ2v) is 4.09. The maximum Gasteiger partial charge on any atom is 0.248 e. The highest BCUT2D eigenvalue weighted by atomic mass is 35.5. The first-order valence-electron chi connectivity index (χ1n) is 5.08.